The summed E-state index contributed by atoms with van der Waals surface area (Å²) in [6, 6.07) is 0. The number of unbranched alkanes of at least 4 members (excludes halogenated alkanes) is 1. The monoisotopic (exact) mass is 462 g/mol. The predicted octanol–water partition coefficient (Wildman–Crippen LogP) is 5.13. The molecule has 0 aliphatic carbocycles. The molecule has 186 valence electrons. The van der Waals surface area contributed by atoms with Gasteiger partial charge in [-0.15, -0.1) is 0 Å². The van der Waals surface area contributed by atoms with E-state index in [9.17, 15) is 9.59 Å². The van der Waals surface area contributed by atoms with Crippen molar-refractivity contribution in [3.05, 3.63) is 60.8 Å². The highest BCUT2D eigenvalue weighted by Crippen LogP contribution is 2.02. The third-order valence-corrected chi connectivity index (χ3v) is 4.35. The van der Waals surface area contributed by atoms with Gasteiger partial charge in [0.05, 0.1) is 13.2 Å². The second-order valence-corrected chi connectivity index (χ2v) is 7.44. The SMILES string of the molecule is CC/C=C\C/C=C\C/C=C\C/C=C\C/C=C\CCCC(=O)OCCCC(=O)OCC(O)CO. The van der Waals surface area contributed by atoms with Gasteiger partial charge in [0.15, 0.2) is 0 Å². The van der Waals surface area contributed by atoms with Gasteiger partial charge in [0.2, 0.25) is 0 Å². The maximum Gasteiger partial charge on any atom is 0.306 e. The lowest BCUT2D eigenvalue weighted by Gasteiger charge is -2.08. The number of carbonyl (C=O) groups excluding carboxylic acids is 2. The summed E-state index contributed by atoms with van der Waals surface area (Å²) in [5.74, 6) is -0.761. The molecular weight excluding hydrogens is 420 g/mol. The number of esters is 2. The molecule has 0 aromatic heterocycles. The first-order chi connectivity index (χ1) is 16.1. The van der Waals surface area contributed by atoms with Gasteiger partial charge in [-0.3, -0.25) is 9.59 Å². The van der Waals surface area contributed by atoms with Crippen LogP contribution in [0.15, 0.2) is 60.8 Å². The zero-order valence-corrected chi connectivity index (χ0v) is 20.1. The first kappa shape index (κ1) is 30.6. The molecule has 0 spiro atoms. The fourth-order valence-corrected chi connectivity index (χ4v) is 2.52. The lowest BCUT2D eigenvalue weighted by atomic mass is 10.2. The molecule has 6 heteroatoms. The summed E-state index contributed by atoms with van der Waals surface area (Å²) in [5.41, 5.74) is 0. The van der Waals surface area contributed by atoms with E-state index in [0.29, 0.717) is 12.8 Å². The van der Waals surface area contributed by atoms with Crippen LogP contribution in [0, 0.1) is 0 Å². The van der Waals surface area contributed by atoms with Gasteiger partial charge in [0.1, 0.15) is 12.7 Å². The Balaban J connectivity index is 3.56. The number of aliphatic hydroxyl groups excluding tert-OH is 2. The maximum atomic E-state index is 11.7. The van der Waals surface area contributed by atoms with Gasteiger partial charge in [-0.05, 0) is 51.4 Å². The van der Waals surface area contributed by atoms with Crippen molar-refractivity contribution in [2.45, 2.75) is 77.2 Å². The van der Waals surface area contributed by atoms with E-state index in [1.807, 2.05) is 0 Å². The summed E-state index contributed by atoms with van der Waals surface area (Å²) < 4.78 is 9.84. The molecule has 0 saturated carbocycles. The lowest BCUT2D eigenvalue weighted by Crippen LogP contribution is -2.22. The highest BCUT2D eigenvalue weighted by molar-refractivity contribution is 5.70. The molecule has 0 aliphatic rings. The molecule has 0 bridgehead atoms. The van der Waals surface area contributed by atoms with Crippen LogP contribution in [0.5, 0.6) is 0 Å². The van der Waals surface area contributed by atoms with Crippen molar-refractivity contribution in [1.82, 2.24) is 0 Å². The number of ether oxygens (including phenoxy) is 2. The molecule has 1 atom stereocenters. The van der Waals surface area contributed by atoms with Crippen LogP contribution < -0.4 is 0 Å². The van der Waals surface area contributed by atoms with Crippen LogP contribution in [0.4, 0.5) is 0 Å². The summed E-state index contributed by atoms with van der Waals surface area (Å²) in [5, 5.41) is 17.7. The summed E-state index contributed by atoms with van der Waals surface area (Å²) in [6.45, 7) is 1.62. The third kappa shape index (κ3) is 24.0. The molecule has 0 saturated heterocycles. The molecule has 0 heterocycles. The van der Waals surface area contributed by atoms with Gasteiger partial charge in [0.25, 0.3) is 0 Å². The molecule has 0 amide bonds. The van der Waals surface area contributed by atoms with E-state index >= 15 is 0 Å². The van der Waals surface area contributed by atoms with Crippen molar-refractivity contribution in [2.24, 2.45) is 0 Å². The molecule has 0 rings (SSSR count). The maximum absolute atomic E-state index is 11.7. The molecule has 1 unspecified atom stereocenters. The van der Waals surface area contributed by atoms with Crippen molar-refractivity contribution in [1.29, 1.82) is 0 Å². The van der Waals surface area contributed by atoms with E-state index < -0.39 is 18.7 Å². The average molecular weight is 463 g/mol. The largest absolute Gasteiger partial charge is 0.466 e. The van der Waals surface area contributed by atoms with Crippen molar-refractivity contribution in [3.63, 3.8) is 0 Å². The molecule has 0 radical (unpaired) electrons. The fraction of sp³-hybridized carbons (Fsp3) is 0.556. The Morgan fingerprint density at radius 2 is 1.21 bits per heavy atom. The van der Waals surface area contributed by atoms with Gasteiger partial charge in [-0.25, -0.2) is 0 Å². The number of aliphatic hydroxyl groups is 2. The molecular formula is C27H42O6. The standard InChI is InChI=1S/C27H42O6/c1-2-3-4-5-6-7-8-9-10-11-12-13-14-15-16-17-18-20-26(30)32-22-19-21-27(31)33-24-25(29)23-28/h3-4,6-7,9-10,12-13,15-16,25,28-29H,2,5,8,11,14,17-24H2,1H3/b4-3-,7-6-,10-9-,13-12-,16-15-. The Labute approximate surface area is 199 Å². The van der Waals surface area contributed by atoms with Crippen LogP contribution in [0.2, 0.25) is 0 Å². The Bertz CT molecular complexity index is 631. The van der Waals surface area contributed by atoms with E-state index in [1.54, 1.807) is 0 Å². The van der Waals surface area contributed by atoms with E-state index in [2.05, 4.69) is 67.7 Å². The molecule has 2 N–H and O–H groups in total. The summed E-state index contributed by atoms with van der Waals surface area (Å²) in [4.78, 5) is 23.0. The Hall–Kier alpha value is -2.44. The molecule has 33 heavy (non-hydrogen) atoms. The smallest absolute Gasteiger partial charge is 0.306 e. The molecule has 0 aromatic carbocycles. The minimum Gasteiger partial charge on any atom is -0.466 e. The first-order valence-electron chi connectivity index (χ1n) is 11.9. The summed E-state index contributed by atoms with van der Waals surface area (Å²) in [6.07, 6.45) is 27.7. The van der Waals surface area contributed by atoms with Gasteiger partial charge >= 0.3 is 11.9 Å². The minimum absolute atomic E-state index is 0.103. The topological polar surface area (TPSA) is 93.1 Å². The lowest BCUT2D eigenvalue weighted by molar-refractivity contribution is -0.149. The second-order valence-electron chi connectivity index (χ2n) is 7.44. The van der Waals surface area contributed by atoms with Crippen LogP contribution >= 0.6 is 0 Å². The Kier molecular flexibility index (Phi) is 22.4. The minimum atomic E-state index is -1.06. The second kappa shape index (κ2) is 24.2. The molecule has 0 aliphatic heterocycles. The third-order valence-electron chi connectivity index (χ3n) is 4.35. The molecule has 0 aromatic rings. The van der Waals surface area contributed by atoms with Gasteiger partial charge in [-0.1, -0.05) is 67.7 Å². The Morgan fingerprint density at radius 1 is 0.727 bits per heavy atom. The number of allylic oxidation sites excluding steroid dienone is 10. The number of hydrogen-bond acceptors (Lipinski definition) is 6. The zero-order valence-electron chi connectivity index (χ0n) is 20.1. The average Bonchev–Trinajstić information content (AvgIpc) is 2.82. The van der Waals surface area contributed by atoms with Gasteiger partial charge < -0.3 is 19.7 Å². The van der Waals surface area contributed by atoms with Crippen LogP contribution in [0.25, 0.3) is 0 Å². The first-order valence-corrected chi connectivity index (χ1v) is 11.9. The van der Waals surface area contributed by atoms with Crippen LogP contribution in [0.1, 0.15) is 71.1 Å². The van der Waals surface area contributed by atoms with Crippen molar-refractivity contribution >= 4 is 11.9 Å². The summed E-state index contributed by atoms with van der Waals surface area (Å²) >= 11 is 0. The van der Waals surface area contributed by atoms with Crippen LogP contribution in [0.3, 0.4) is 0 Å². The molecule has 6 nitrogen and oxygen atoms in total. The van der Waals surface area contributed by atoms with Crippen molar-refractivity contribution < 1.29 is 29.3 Å². The quantitative estimate of drug-likeness (QED) is 0.148. The zero-order chi connectivity index (χ0) is 24.4. The highest BCUT2D eigenvalue weighted by Gasteiger charge is 2.08. The number of carbonyl (C=O) groups is 2. The fourth-order valence-electron chi connectivity index (χ4n) is 2.52. The van der Waals surface area contributed by atoms with E-state index in [-0.39, 0.29) is 25.6 Å². The normalized spacial score (nSPS) is 13.2. The Morgan fingerprint density at radius 3 is 1.76 bits per heavy atom. The van der Waals surface area contributed by atoms with E-state index in [1.165, 1.54) is 0 Å². The van der Waals surface area contributed by atoms with E-state index in [0.717, 1.165) is 44.9 Å². The predicted molar refractivity (Wildman–Crippen MR) is 133 cm³/mol. The highest BCUT2D eigenvalue weighted by atomic mass is 16.5. The van der Waals surface area contributed by atoms with Crippen LogP contribution in [-0.2, 0) is 19.1 Å². The van der Waals surface area contributed by atoms with Gasteiger partial charge in [-0.2, -0.15) is 0 Å². The van der Waals surface area contributed by atoms with Crippen LogP contribution in [-0.4, -0.2) is 48.1 Å². The van der Waals surface area contributed by atoms with Gasteiger partial charge in [0, 0.05) is 12.8 Å². The number of hydrogen-bond donors (Lipinski definition) is 2. The van der Waals surface area contributed by atoms with Crippen molar-refractivity contribution in [2.75, 3.05) is 19.8 Å². The van der Waals surface area contributed by atoms with E-state index in [4.69, 9.17) is 19.7 Å². The number of rotatable bonds is 20. The van der Waals surface area contributed by atoms with Crippen molar-refractivity contribution in [3.8, 4) is 0 Å². The molecule has 0 fully saturated rings. The summed E-state index contributed by atoms with van der Waals surface area (Å²) in [7, 11) is 0.